The summed E-state index contributed by atoms with van der Waals surface area (Å²) in [4.78, 5) is 0.413. The summed E-state index contributed by atoms with van der Waals surface area (Å²) in [5.41, 5.74) is 7.16. The fourth-order valence-electron chi connectivity index (χ4n) is 2.21. The predicted molar refractivity (Wildman–Crippen MR) is 79.9 cm³/mol. The molecular formula is C15H25NO2S. The van der Waals surface area contributed by atoms with Gasteiger partial charge in [0.25, 0.3) is 0 Å². The van der Waals surface area contributed by atoms with Crippen molar-refractivity contribution in [3.63, 3.8) is 0 Å². The molecule has 1 unspecified atom stereocenters. The lowest BCUT2D eigenvalue weighted by molar-refractivity contribution is 0.493. The van der Waals surface area contributed by atoms with Crippen molar-refractivity contribution in [1.29, 1.82) is 0 Å². The lowest BCUT2D eigenvalue weighted by Gasteiger charge is -2.14. The molecule has 1 rings (SSSR count). The van der Waals surface area contributed by atoms with Gasteiger partial charge in [-0.05, 0) is 42.9 Å². The predicted octanol–water partition coefficient (Wildman–Crippen LogP) is 2.79. The average molecular weight is 283 g/mol. The summed E-state index contributed by atoms with van der Waals surface area (Å²) in [5, 5.41) is 0. The second kappa shape index (κ2) is 7.06. The molecule has 0 aliphatic heterocycles. The summed E-state index contributed by atoms with van der Waals surface area (Å²) in [6.45, 7) is 6.18. The van der Waals surface area contributed by atoms with Crippen LogP contribution in [0, 0.1) is 5.92 Å². The van der Waals surface area contributed by atoms with Gasteiger partial charge in [0.15, 0.2) is 9.84 Å². The smallest absolute Gasteiger partial charge is 0.178 e. The van der Waals surface area contributed by atoms with Crippen LogP contribution in [-0.2, 0) is 16.3 Å². The molecule has 1 atom stereocenters. The van der Waals surface area contributed by atoms with Crippen LogP contribution in [0.2, 0.25) is 0 Å². The van der Waals surface area contributed by atoms with Gasteiger partial charge < -0.3 is 5.73 Å². The zero-order valence-corrected chi connectivity index (χ0v) is 12.9. The zero-order valence-electron chi connectivity index (χ0n) is 12.1. The lowest BCUT2D eigenvalue weighted by atomic mass is 9.98. The van der Waals surface area contributed by atoms with Crippen molar-refractivity contribution in [3.05, 3.63) is 29.8 Å². The summed E-state index contributed by atoms with van der Waals surface area (Å²) in [6, 6.07) is 7.29. The van der Waals surface area contributed by atoms with Gasteiger partial charge in [0, 0.05) is 6.04 Å². The van der Waals surface area contributed by atoms with Crippen molar-refractivity contribution < 1.29 is 8.42 Å². The van der Waals surface area contributed by atoms with Gasteiger partial charge >= 0.3 is 0 Å². The van der Waals surface area contributed by atoms with Gasteiger partial charge in [-0.3, -0.25) is 0 Å². The molecule has 4 heteroatoms. The molecule has 3 nitrogen and oxygen atoms in total. The molecule has 2 N–H and O–H groups in total. The number of rotatable bonds is 7. The summed E-state index contributed by atoms with van der Waals surface area (Å²) in [5.74, 6) is 0.790. The number of nitrogens with two attached hydrogens (primary N) is 1. The Balaban J connectivity index is 2.72. The minimum absolute atomic E-state index is 0.137. The second-order valence-electron chi connectivity index (χ2n) is 5.56. The van der Waals surface area contributed by atoms with E-state index in [0.29, 0.717) is 17.2 Å². The van der Waals surface area contributed by atoms with Gasteiger partial charge in [-0.15, -0.1) is 0 Å². The van der Waals surface area contributed by atoms with E-state index in [4.69, 9.17) is 5.73 Å². The summed E-state index contributed by atoms with van der Waals surface area (Å²) in [7, 11) is -3.11. The fourth-order valence-corrected chi connectivity index (χ4v) is 3.53. The van der Waals surface area contributed by atoms with Gasteiger partial charge in [0.1, 0.15) is 0 Å². The molecule has 0 heterocycles. The first kappa shape index (κ1) is 16.2. The summed E-state index contributed by atoms with van der Waals surface area (Å²) in [6.07, 6.45) is 2.42. The molecule has 0 amide bonds. The highest BCUT2D eigenvalue weighted by Gasteiger charge is 2.13. The van der Waals surface area contributed by atoms with Crippen molar-refractivity contribution in [3.8, 4) is 0 Å². The first-order valence-electron chi connectivity index (χ1n) is 6.92. The van der Waals surface area contributed by atoms with Crippen LogP contribution < -0.4 is 5.73 Å². The molecule has 108 valence electrons. The van der Waals surface area contributed by atoms with Gasteiger partial charge in [-0.1, -0.05) is 32.9 Å². The highest BCUT2D eigenvalue weighted by Crippen LogP contribution is 2.15. The minimum atomic E-state index is -3.11. The molecule has 19 heavy (non-hydrogen) atoms. The molecule has 0 aliphatic carbocycles. The van der Waals surface area contributed by atoms with E-state index in [2.05, 4.69) is 13.8 Å². The Kier molecular flexibility index (Phi) is 6.01. The monoisotopic (exact) mass is 283 g/mol. The zero-order chi connectivity index (χ0) is 14.5. The third kappa shape index (κ3) is 5.33. The first-order valence-corrected chi connectivity index (χ1v) is 8.57. The molecule has 0 aliphatic rings. The number of hydrogen-bond donors (Lipinski definition) is 1. The molecule has 1 aromatic carbocycles. The highest BCUT2D eigenvalue weighted by molar-refractivity contribution is 7.91. The van der Waals surface area contributed by atoms with Gasteiger partial charge in [-0.2, -0.15) is 0 Å². The fraction of sp³-hybridized carbons (Fsp3) is 0.600. The van der Waals surface area contributed by atoms with E-state index in [1.807, 2.05) is 19.1 Å². The molecular weight excluding hydrogens is 258 g/mol. The van der Waals surface area contributed by atoms with E-state index in [-0.39, 0.29) is 11.8 Å². The van der Waals surface area contributed by atoms with Crippen molar-refractivity contribution in [2.75, 3.05) is 5.75 Å². The Hall–Kier alpha value is -0.870. The lowest BCUT2D eigenvalue weighted by Crippen LogP contribution is -2.24. The maximum absolute atomic E-state index is 11.9. The topological polar surface area (TPSA) is 60.2 Å². The second-order valence-corrected chi connectivity index (χ2v) is 7.67. The Morgan fingerprint density at radius 2 is 1.74 bits per heavy atom. The van der Waals surface area contributed by atoms with E-state index < -0.39 is 9.84 Å². The van der Waals surface area contributed by atoms with Crippen molar-refractivity contribution in [1.82, 2.24) is 0 Å². The van der Waals surface area contributed by atoms with Crippen LogP contribution in [0.3, 0.4) is 0 Å². The van der Waals surface area contributed by atoms with Gasteiger partial charge in [0.2, 0.25) is 0 Å². The van der Waals surface area contributed by atoms with Crippen LogP contribution in [0.15, 0.2) is 29.2 Å². The van der Waals surface area contributed by atoms with E-state index in [1.54, 1.807) is 12.1 Å². The van der Waals surface area contributed by atoms with Crippen LogP contribution in [0.25, 0.3) is 0 Å². The summed E-state index contributed by atoms with van der Waals surface area (Å²) < 4.78 is 23.8. The van der Waals surface area contributed by atoms with E-state index in [1.165, 1.54) is 0 Å². The van der Waals surface area contributed by atoms with E-state index >= 15 is 0 Å². The molecule has 0 radical (unpaired) electrons. The molecule has 0 saturated heterocycles. The molecule has 0 aromatic heterocycles. The highest BCUT2D eigenvalue weighted by atomic mass is 32.2. The van der Waals surface area contributed by atoms with Crippen LogP contribution in [0.4, 0.5) is 0 Å². The Morgan fingerprint density at radius 3 is 2.21 bits per heavy atom. The molecule has 0 saturated carbocycles. The Bertz CT molecular complexity index is 477. The Labute approximate surface area is 117 Å². The Morgan fingerprint density at radius 1 is 1.16 bits per heavy atom. The van der Waals surface area contributed by atoms with Crippen molar-refractivity contribution in [2.24, 2.45) is 11.7 Å². The average Bonchev–Trinajstić information content (AvgIpc) is 2.28. The minimum Gasteiger partial charge on any atom is -0.327 e. The first-order chi connectivity index (χ1) is 8.85. The van der Waals surface area contributed by atoms with Crippen LogP contribution in [-0.4, -0.2) is 20.2 Å². The van der Waals surface area contributed by atoms with E-state index in [0.717, 1.165) is 18.4 Å². The normalized spacial score (nSPS) is 13.7. The third-order valence-corrected chi connectivity index (χ3v) is 4.96. The van der Waals surface area contributed by atoms with Gasteiger partial charge in [-0.25, -0.2) is 8.42 Å². The van der Waals surface area contributed by atoms with Crippen LogP contribution in [0.5, 0.6) is 0 Å². The number of hydrogen-bond acceptors (Lipinski definition) is 3. The maximum Gasteiger partial charge on any atom is 0.178 e. The van der Waals surface area contributed by atoms with Crippen molar-refractivity contribution >= 4 is 9.84 Å². The third-order valence-electron chi connectivity index (χ3n) is 3.03. The maximum atomic E-state index is 11.9. The van der Waals surface area contributed by atoms with Gasteiger partial charge in [0.05, 0.1) is 10.6 Å². The largest absolute Gasteiger partial charge is 0.327 e. The molecule has 0 spiro atoms. The SMILES string of the molecule is CCCS(=O)(=O)c1ccc(CC(N)CC(C)C)cc1. The molecule has 1 aromatic rings. The summed E-state index contributed by atoms with van der Waals surface area (Å²) >= 11 is 0. The van der Waals surface area contributed by atoms with Crippen molar-refractivity contribution in [2.45, 2.75) is 51.0 Å². The quantitative estimate of drug-likeness (QED) is 0.837. The number of sulfone groups is 1. The standard InChI is InChI=1S/C15H25NO2S/c1-4-9-19(17,18)15-7-5-13(6-8-15)11-14(16)10-12(2)3/h5-8,12,14H,4,9-11,16H2,1-3H3. The van der Waals surface area contributed by atoms with Crippen LogP contribution in [0.1, 0.15) is 39.2 Å². The van der Waals surface area contributed by atoms with E-state index in [9.17, 15) is 8.42 Å². The van der Waals surface area contributed by atoms with Crippen LogP contribution >= 0.6 is 0 Å². The molecule has 0 bridgehead atoms. The number of benzene rings is 1. The molecule has 0 fully saturated rings.